The van der Waals surface area contributed by atoms with Gasteiger partial charge in [-0.15, -0.1) is 0 Å². The number of nitrogens with zero attached hydrogens (tertiary/aromatic N) is 2. The van der Waals surface area contributed by atoms with Crippen LogP contribution in [-0.2, 0) is 13.1 Å². The highest BCUT2D eigenvalue weighted by atomic mass is 16.5. The maximum Gasteiger partial charge on any atom is 0.338 e. The molecule has 0 aliphatic carbocycles. The maximum atomic E-state index is 10.6. The molecule has 0 fully saturated rings. The number of aromatic carboxylic acids is 1. The summed E-state index contributed by atoms with van der Waals surface area (Å²) in [5.41, 5.74) is 0.136. The van der Waals surface area contributed by atoms with Crippen LogP contribution in [0.2, 0.25) is 0 Å². The molecule has 0 saturated heterocycles. The van der Waals surface area contributed by atoms with Crippen molar-refractivity contribution in [3.05, 3.63) is 35.9 Å². The maximum absolute atomic E-state index is 10.6. The Morgan fingerprint density at radius 1 is 1.50 bits per heavy atom. The lowest BCUT2D eigenvalue weighted by Crippen LogP contribution is -2.13. The predicted molar refractivity (Wildman–Crippen MR) is 50.5 cm³/mol. The van der Waals surface area contributed by atoms with Gasteiger partial charge >= 0.3 is 5.97 Å². The van der Waals surface area contributed by atoms with Crippen molar-refractivity contribution in [2.75, 3.05) is 0 Å². The van der Waals surface area contributed by atoms with Crippen LogP contribution in [-0.4, -0.2) is 21.2 Å². The SMILES string of the molecule is O=C(O)c1coc(CNCc2ncon2)c1. The molecular formula is C9H9N3O4. The Balaban J connectivity index is 1.83. The fraction of sp³-hybridized carbons (Fsp3) is 0.222. The number of carboxylic acids is 1. The second-order valence-corrected chi connectivity index (χ2v) is 3.06. The molecule has 2 heterocycles. The van der Waals surface area contributed by atoms with Gasteiger partial charge in [-0.1, -0.05) is 5.16 Å². The number of hydrogen-bond donors (Lipinski definition) is 2. The fourth-order valence-electron chi connectivity index (χ4n) is 1.15. The molecule has 0 saturated carbocycles. The molecule has 0 unspecified atom stereocenters. The van der Waals surface area contributed by atoms with Crippen LogP contribution < -0.4 is 5.32 Å². The summed E-state index contributed by atoms with van der Waals surface area (Å²) in [4.78, 5) is 14.4. The zero-order valence-corrected chi connectivity index (χ0v) is 8.21. The van der Waals surface area contributed by atoms with Gasteiger partial charge < -0.3 is 19.4 Å². The third-order valence-electron chi connectivity index (χ3n) is 1.89. The first-order valence-corrected chi connectivity index (χ1v) is 4.52. The second-order valence-electron chi connectivity index (χ2n) is 3.06. The van der Waals surface area contributed by atoms with E-state index in [0.29, 0.717) is 24.7 Å². The number of carbonyl (C=O) groups is 1. The van der Waals surface area contributed by atoms with Crippen molar-refractivity contribution >= 4 is 5.97 Å². The molecule has 2 aromatic heterocycles. The summed E-state index contributed by atoms with van der Waals surface area (Å²) >= 11 is 0. The molecule has 0 bridgehead atoms. The molecule has 2 rings (SSSR count). The van der Waals surface area contributed by atoms with Crippen molar-refractivity contribution in [2.24, 2.45) is 0 Å². The predicted octanol–water partition coefficient (Wildman–Crippen LogP) is 0.651. The van der Waals surface area contributed by atoms with Crippen molar-refractivity contribution in [2.45, 2.75) is 13.1 Å². The summed E-state index contributed by atoms with van der Waals surface area (Å²) in [6, 6.07) is 1.46. The summed E-state index contributed by atoms with van der Waals surface area (Å²) in [6.07, 6.45) is 2.44. The van der Waals surface area contributed by atoms with E-state index in [-0.39, 0.29) is 5.56 Å². The Bertz CT molecular complexity index is 463. The van der Waals surface area contributed by atoms with Crippen LogP contribution in [0.3, 0.4) is 0 Å². The smallest absolute Gasteiger partial charge is 0.338 e. The highest BCUT2D eigenvalue weighted by Crippen LogP contribution is 2.07. The van der Waals surface area contributed by atoms with Gasteiger partial charge in [0.05, 0.1) is 18.7 Å². The molecule has 0 radical (unpaired) electrons. The molecular weight excluding hydrogens is 214 g/mol. The van der Waals surface area contributed by atoms with Gasteiger partial charge in [0.2, 0.25) is 6.39 Å². The Morgan fingerprint density at radius 2 is 2.38 bits per heavy atom. The van der Waals surface area contributed by atoms with Gasteiger partial charge in [0.15, 0.2) is 5.82 Å². The molecule has 0 spiro atoms. The zero-order chi connectivity index (χ0) is 11.4. The monoisotopic (exact) mass is 223 g/mol. The number of furan rings is 1. The van der Waals surface area contributed by atoms with Crippen LogP contribution >= 0.6 is 0 Å². The Labute approximate surface area is 90.1 Å². The van der Waals surface area contributed by atoms with Crippen molar-refractivity contribution in [3.63, 3.8) is 0 Å². The van der Waals surface area contributed by atoms with E-state index in [1.807, 2.05) is 0 Å². The summed E-state index contributed by atoms with van der Waals surface area (Å²) in [5, 5.41) is 15.3. The van der Waals surface area contributed by atoms with Gasteiger partial charge in [0.1, 0.15) is 12.0 Å². The van der Waals surface area contributed by atoms with E-state index in [2.05, 4.69) is 20.0 Å². The second kappa shape index (κ2) is 4.58. The first-order chi connectivity index (χ1) is 7.75. The minimum atomic E-state index is -1.01. The van der Waals surface area contributed by atoms with Gasteiger partial charge in [-0.3, -0.25) is 0 Å². The Hall–Kier alpha value is -2.15. The molecule has 0 amide bonds. The highest BCUT2D eigenvalue weighted by Gasteiger charge is 2.07. The lowest BCUT2D eigenvalue weighted by atomic mass is 10.3. The van der Waals surface area contributed by atoms with E-state index < -0.39 is 5.97 Å². The molecule has 7 nitrogen and oxygen atoms in total. The molecule has 2 N–H and O–H groups in total. The number of hydrogen-bond acceptors (Lipinski definition) is 6. The van der Waals surface area contributed by atoms with Gasteiger partial charge in [0.25, 0.3) is 0 Å². The topological polar surface area (TPSA) is 101 Å². The number of carboxylic acid groups (broad SMARTS) is 1. The van der Waals surface area contributed by atoms with Crippen LogP contribution in [0.25, 0.3) is 0 Å². The number of rotatable bonds is 5. The largest absolute Gasteiger partial charge is 0.478 e. The van der Waals surface area contributed by atoms with Crippen LogP contribution in [0.5, 0.6) is 0 Å². The van der Waals surface area contributed by atoms with E-state index in [1.165, 1.54) is 18.7 Å². The average Bonchev–Trinajstić information content (AvgIpc) is 2.87. The van der Waals surface area contributed by atoms with Gasteiger partial charge in [-0.2, -0.15) is 4.98 Å². The summed E-state index contributed by atoms with van der Waals surface area (Å²) < 4.78 is 9.59. The summed E-state index contributed by atoms with van der Waals surface area (Å²) in [5.74, 6) is 0.0686. The molecule has 0 aromatic carbocycles. The normalized spacial score (nSPS) is 10.5. The van der Waals surface area contributed by atoms with Crippen molar-refractivity contribution in [1.29, 1.82) is 0 Å². The Kier molecular flexibility index (Phi) is 2.97. The summed E-state index contributed by atoms with van der Waals surface area (Å²) in [7, 11) is 0. The van der Waals surface area contributed by atoms with E-state index in [9.17, 15) is 4.79 Å². The van der Waals surface area contributed by atoms with Gasteiger partial charge in [-0.25, -0.2) is 4.79 Å². The van der Waals surface area contributed by atoms with E-state index in [0.717, 1.165) is 0 Å². The number of nitrogens with one attached hydrogen (secondary N) is 1. The molecule has 84 valence electrons. The van der Waals surface area contributed by atoms with Crippen LogP contribution in [0.4, 0.5) is 0 Å². The molecule has 2 aromatic rings. The van der Waals surface area contributed by atoms with Crippen molar-refractivity contribution in [1.82, 2.24) is 15.5 Å². The lowest BCUT2D eigenvalue weighted by molar-refractivity contribution is 0.0696. The minimum absolute atomic E-state index is 0.136. The fourth-order valence-corrected chi connectivity index (χ4v) is 1.15. The molecule has 16 heavy (non-hydrogen) atoms. The zero-order valence-electron chi connectivity index (χ0n) is 8.21. The van der Waals surface area contributed by atoms with Crippen molar-refractivity contribution < 1.29 is 18.8 Å². The first-order valence-electron chi connectivity index (χ1n) is 4.52. The minimum Gasteiger partial charge on any atom is -0.478 e. The highest BCUT2D eigenvalue weighted by molar-refractivity contribution is 5.87. The molecule has 0 aliphatic rings. The lowest BCUT2D eigenvalue weighted by Gasteiger charge is -1.96. The third kappa shape index (κ3) is 2.45. The summed E-state index contributed by atoms with van der Waals surface area (Å²) in [6.45, 7) is 0.835. The number of aromatic nitrogens is 2. The van der Waals surface area contributed by atoms with Crippen LogP contribution in [0.15, 0.2) is 27.7 Å². The average molecular weight is 223 g/mol. The molecule has 0 aliphatic heterocycles. The first kappa shape index (κ1) is 10.4. The molecule has 7 heteroatoms. The Morgan fingerprint density at radius 3 is 3.00 bits per heavy atom. The standard InChI is InChI=1S/C9H9N3O4/c13-9(14)6-1-7(15-4-6)2-10-3-8-11-5-16-12-8/h1,4-5,10H,2-3H2,(H,13,14). The quantitative estimate of drug-likeness (QED) is 0.767. The van der Waals surface area contributed by atoms with E-state index in [1.54, 1.807) is 0 Å². The van der Waals surface area contributed by atoms with Crippen molar-refractivity contribution in [3.8, 4) is 0 Å². The van der Waals surface area contributed by atoms with E-state index in [4.69, 9.17) is 9.52 Å². The van der Waals surface area contributed by atoms with Crippen LogP contribution in [0.1, 0.15) is 21.9 Å². The van der Waals surface area contributed by atoms with Gasteiger partial charge in [0, 0.05) is 0 Å². The molecule has 0 atom stereocenters. The van der Waals surface area contributed by atoms with E-state index >= 15 is 0 Å². The third-order valence-corrected chi connectivity index (χ3v) is 1.89. The van der Waals surface area contributed by atoms with Crippen LogP contribution in [0, 0.1) is 0 Å². The van der Waals surface area contributed by atoms with Gasteiger partial charge in [-0.05, 0) is 6.07 Å².